The fraction of sp³-hybridized carbons (Fsp3) is 0.372. The van der Waals surface area contributed by atoms with Crippen molar-refractivity contribution in [2.45, 2.75) is 79.0 Å². The number of ketones is 1. The second-order valence-corrected chi connectivity index (χ2v) is 16.5. The SMILES string of the molecule is CC.COCN1c2nc(cc(-c3c(C)cccc3C)n2)OC[C@@H](CC(C)(C)C)N(Cc2ncc(OCc3ccccc3)cn2)CC(=O)c2cccc(c2)S1(=O)=O. The highest BCUT2D eigenvalue weighted by Gasteiger charge is 2.32. The lowest BCUT2D eigenvalue weighted by Gasteiger charge is -2.35. The van der Waals surface area contributed by atoms with Crippen LogP contribution >= 0.6 is 0 Å². The highest BCUT2D eigenvalue weighted by molar-refractivity contribution is 7.92. The Morgan fingerprint density at radius 3 is 2.23 bits per heavy atom. The summed E-state index contributed by atoms with van der Waals surface area (Å²) in [7, 11) is -2.91. The molecule has 0 radical (unpaired) electrons. The van der Waals surface area contributed by atoms with Crippen LogP contribution in [0.4, 0.5) is 5.95 Å². The number of hydrogen-bond donors (Lipinski definition) is 0. The molecule has 56 heavy (non-hydrogen) atoms. The third kappa shape index (κ3) is 10.5. The maximum absolute atomic E-state index is 14.3. The van der Waals surface area contributed by atoms with E-state index in [1.807, 2.05) is 81.1 Å². The van der Waals surface area contributed by atoms with E-state index in [9.17, 15) is 13.2 Å². The van der Waals surface area contributed by atoms with Gasteiger partial charge in [0.1, 0.15) is 25.8 Å². The van der Waals surface area contributed by atoms with Gasteiger partial charge in [0.2, 0.25) is 11.8 Å². The molecule has 0 saturated heterocycles. The van der Waals surface area contributed by atoms with Crippen molar-refractivity contribution in [1.82, 2.24) is 24.8 Å². The topological polar surface area (TPSA) is 137 Å². The van der Waals surface area contributed by atoms with Crippen LogP contribution in [0.5, 0.6) is 11.6 Å². The van der Waals surface area contributed by atoms with Crippen LogP contribution in [0.1, 0.15) is 73.9 Å². The summed E-state index contributed by atoms with van der Waals surface area (Å²) in [6, 6.07) is 23.2. The van der Waals surface area contributed by atoms with Crippen molar-refractivity contribution in [3.63, 3.8) is 0 Å². The predicted octanol–water partition coefficient (Wildman–Crippen LogP) is 7.84. The second-order valence-electron chi connectivity index (χ2n) is 14.6. The van der Waals surface area contributed by atoms with Crippen LogP contribution in [0, 0.1) is 19.3 Å². The number of carbonyl (C=O) groups excluding carboxylic acids is 1. The van der Waals surface area contributed by atoms with Gasteiger partial charge in [-0.05, 0) is 54.5 Å². The lowest BCUT2D eigenvalue weighted by molar-refractivity contribution is 0.0708. The number of hydrogen-bond acceptors (Lipinski definition) is 11. The first kappa shape index (κ1) is 41.9. The van der Waals surface area contributed by atoms with Crippen molar-refractivity contribution in [2.75, 3.05) is 31.3 Å². The molecular weight excluding hydrogens is 729 g/mol. The quantitative estimate of drug-likeness (QED) is 0.145. The van der Waals surface area contributed by atoms with Crippen LogP contribution in [0.15, 0.2) is 96.2 Å². The molecule has 6 rings (SSSR count). The van der Waals surface area contributed by atoms with E-state index in [2.05, 4.69) is 35.7 Å². The monoisotopic (exact) mass is 780 g/mol. The number of nitrogens with zero attached hydrogens (tertiary/aromatic N) is 6. The molecule has 3 aromatic carbocycles. The van der Waals surface area contributed by atoms with Crippen LogP contribution in [0.3, 0.4) is 0 Å². The molecule has 1 aliphatic heterocycles. The molecule has 3 heterocycles. The Hall–Kier alpha value is -5.24. The number of Topliss-reactive ketones (excluding diaryl/α,β-unsaturated/α-hetero) is 1. The van der Waals surface area contributed by atoms with E-state index in [1.165, 1.54) is 19.2 Å². The standard InChI is InChI=1S/C41H46N6O6S.C2H6/c1-28-12-10-13-29(2)39(28)35-19-38-45-40(44-35)47(27-51-6)54(49,50)34-17-11-16-31(18-34)36(48)23-46(32(26-53-38)20-41(3,4)5)24-37-42-21-33(22-43-37)52-25-30-14-8-7-9-15-30;1-2/h7-19,21-22,32H,20,23-27H2,1-6H3;1-2H3/t32-;/m1./s1. The van der Waals surface area contributed by atoms with Crippen molar-refractivity contribution in [3.05, 3.63) is 119 Å². The molecule has 1 atom stereocenters. The van der Waals surface area contributed by atoms with E-state index >= 15 is 0 Å². The number of benzene rings is 3. The summed E-state index contributed by atoms with van der Waals surface area (Å²) < 4.78 is 47.4. The maximum Gasteiger partial charge on any atom is 0.268 e. The van der Waals surface area contributed by atoms with Crippen LogP contribution in [-0.4, -0.2) is 72.1 Å². The number of methoxy groups -OCH3 is 1. The molecule has 2 aromatic heterocycles. The highest BCUT2D eigenvalue weighted by atomic mass is 32.2. The van der Waals surface area contributed by atoms with Crippen molar-refractivity contribution < 1.29 is 27.4 Å². The molecular formula is C43H52N6O6S. The van der Waals surface area contributed by atoms with Crippen molar-refractivity contribution in [1.29, 1.82) is 0 Å². The molecule has 0 fully saturated rings. The lowest BCUT2D eigenvalue weighted by Crippen LogP contribution is -2.44. The zero-order valence-electron chi connectivity index (χ0n) is 33.5. The minimum atomic E-state index is -4.31. The van der Waals surface area contributed by atoms with Crippen molar-refractivity contribution in [2.24, 2.45) is 5.41 Å². The molecule has 12 nitrogen and oxygen atoms in total. The van der Waals surface area contributed by atoms with Gasteiger partial charge < -0.3 is 14.2 Å². The molecule has 5 aromatic rings. The summed E-state index contributed by atoms with van der Waals surface area (Å²) >= 11 is 0. The molecule has 13 heteroatoms. The molecule has 0 unspecified atom stereocenters. The zero-order valence-corrected chi connectivity index (χ0v) is 34.3. The smallest absolute Gasteiger partial charge is 0.268 e. The number of fused-ring (bicyclic) bond motifs is 4. The molecule has 0 amide bonds. The van der Waals surface area contributed by atoms with Gasteiger partial charge >= 0.3 is 0 Å². The minimum absolute atomic E-state index is 0.0479. The lowest BCUT2D eigenvalue weighted by atomic mass is 9.87. The van der Waals surface area contributed by atoms with Crippen LogP contribution in [-0.2, 0) is 27.9 Å². The third-order valence-electron chi connectivity index (χ3n) is 9.05. The van der Waals surface area contributed by atoms with Gasteiger partial charge in [0, 0.05) is 30.3 Å². The van der Waals surface area contributed by atoms with Gasteiger partial charge in [-0.15, -0.1) is 0 Å². The summed E-state index contributed by atoms with van der Waals surface area (Å²) in [5.74, 6) is 0.808. The summed E-state index contributed by atoms with van der Waals surface area (Å²) in [4.78, 5) is 34.6. The molecule has 0 N–H and O–H groups in total. The van der Waals surface area contributed by atoms with Gasteiger partial charge in [-0.25, -0.2) is 27.7 Å². The van der Waals surface area contributed by atoms with E-state index in [-0.39, 0.29) is 66.0 Å². The van der Waals surface area contributed by atoms with Gasteiger partial charge in [-0.2, -0.15) is 4.98 Å². The average molecular weight is 781 g/mol. The summed E-state index contributed by atoms with van der Waals surface area (Å²) in [5.41, 5.74) is 4.36. The minimum Gasteiger partial charge on any atom is -0.486 e. The fourth-order valence-corrected chi connectivity index (χ4v) is 7.77. The van der Waals surface area contributed by atoms with E-state index in [1.54, 1.807) is 30.6 Å². The molecule has 0 saturated carbocycles. The number of rotatable bonds is 9. The Bertz CT molecular complexity index is 2170. The fourth-order valence-electron chi connectivity index (χ4n) is 6.45. The first-order chi connectivity index (χ1) is 26.8. The number of carbonyl (C=O) groups is 1. The van der Waals surface area contributed by atoms with Gasteiger partial charge in [0.05, 0.1) is 36.1 Å². The number of aromatic nitrogens is 4. The third-order valence-corrected chi connectivity index (χ3v) is 10.7. The Kier molecular flexibility index (Phi) is 13.9. The number of anilines is 1. The van der Waals surface area contributed by atoms with E-state index < -0.39 is 10.0 Å². The first-order valence-corrected chi connectivity index (χ1v) is 20.2. The number of aryl methyl sites for hydroxylation is 2. The molecule has 0 aliphatic carbocycles. The first-order valence-electron chi connectivity index (χ1n) is 18.8. The number of sulfonamides is 1. The van der Waals surface area contributed by atoms with Crippen LogP contribution < -0.4 is 13.8 Å². The summed E-state index contributed by atoms with van der Waals surface area (Å²) in [5, 5.41) is 0. The Morgan fingerprint density at radius 2 is 1.57 bits per heavy atom. The van der Waals surface area contributed by atoms with Crippen LogP contribution in [0.25, 0.3) is 11.3 Å². The van der Waals surface area contributed by atoms with Gasteiger partial charge in [0.25, 0.3) is 10.0 Å². The molecule has 4 bridgehead atoms. The van der Waals surface area contributed by atoms with E-state index in [0.29, 0.717) is 30.3 Å². The Balaban J connectivity index is 0.00000295. The number of ether oxygens (including phenoxy) is 3. The van der Waals surface area contributed by atoms with Crippen molar-refractivity contribution in [3.8, 4) is 22.9 Å². The Labute approximate surface area is 331 Å². The maximum atomic E-state index is 14.3. The van der Waals surface area contributed by atoms with Crippen molar-refractivity contribution >= 4 is 21.8 Å². The van der Waals surface area contributed by atoms with E-state index in [4.69, 9.17) is 19.2 Å². The van der Waals surface area contributed by atoms with Gasteiger partial charge in [-0.1, -0.05) is 95.3 Å². The van der Waals surface area contributed by atoms with Gasteiger partial charge in [-0.3, -0.25) is 9.69 Å². The van der Waals surface area contributed by atoms with Gasteiger partial charge in [0.15, 0.2) is 11.5 Å². The summed E-state index contributed by atoms with van der Waals surface area (Å²) in [6.07, 6.45) is 3.90. The zero-order chi connectivity index (χ0) is 40.5. The predicted molar refractivity (Wildman–Crippen MR) is 217 cm³/mol. The second kappa shape index (κ2) is 18.6. The largest absolute Gasteiger partial charge is 0.486 e. The Morgan fingerprint density at radius 1 is 0.893 bits per heavy atom. The average Bonchev–Trinajstić information content (AvgIpc) is 3.18. The van der Waals surface area contributed by atoms with Crippen LogP contribution in [0.2, 0.25) is 0 Å². The normalized spacial score (nSPS) is 15.9. The molecule has 296 valence electrons. The summed E-state index contributed by atoms with van der Waals surface area (Å²) in [6.45, 7) is 14.7. The molecule has 0 spiro atoms. The molecule has 1 aliphatic rings. The van der Waals surface area contributed by atoms with E-state index in [0.717, 1.165) is 26.6 Å². The highest BCUT2D eigenvalue weighted by Crippen LogP contribution is 2.33.